The van der Waals surface area contributed by atoms with Crippen LogP contribution in [0.1, 0.15) is 6.42 Å². The van der Waals surface area contributed by atoms with Crippen molar-refractivity contribution in [1.82, 2.24) is 24.5 Å². The molecule has 7 nitrogen and oxygen atoms in total. The maximum Gasteiger partial charge on any atom is 0.225 e. The molecule has 3 aromatic heterocycles. The summed E-state index contributed by atoms with van der Waals surface area (Å²) in [6, 6.07) is 1.93. The second kappa shape index (κ2) is 7.44. The fraction of sp³-hybridized carbons (Fsp3) is 0.300. The van der Waals surface area contributed by atoms with Gasteiger partial charge in [-0.15, -0.1) is 0 Å². The Bertz CT molecular complexity index is 1050. The lowest BCUT2D eigenvalue weighted by atomic mass is 10.1. The molecule has 0 saturated carbocycles. The molecular weight excluding hydrogens is 420 g/mol. The zero-order valence-electron chi connectivity index (χ0n) is 15.2. The molecule has 0 bridgehead atoms. The summed E-state index contributed by atoms with van der Waals surface area (Å²) in [7, 11) is 0. The van der Waals surface area contributed by atoms with Crippen LogP contribution >= 0.6 is 15.9 Å². The molecule has 1 saturated heterocycles. The maximum absolute atomic E-state index is 5.41. The molecule has 0 N–H and O–H groups in total. The highest BCUT2D eigenvalue weighted by Gasteiger charge is 2.19. The number of halogens is 1. The van der Waals surface area contributed by atoms with E-state index < -0.39 is 0 Å². The van der Waals surface area contributed by atoms with Gasteiger partial charge in [-0.05, 0) is 18.6 Å². The molecule has 4 heterocycles. The first-order valence-corrected chi connectivity index (χ1v) is 10.2. The first kappa shape index (κ1) is 17.5. The quantitative estimate of drug-likeness (QED) is 0.584. The Morgan fingerprint density at radius 1 is 1.11 bits per heavy atom. The summed E-state index contributed by atoms with van der Waals surface area (Å²) in [5.41, 5.74) is 3.83. The summed E-state index contributed by atoms with van der Waals surface area (Å²) in [5.74, 6) is 1.55. The van der Waals surface area contributed by atoms with Crippen LogP contribution in [0, 0.1) is 0 Å². The maximum atomic E-state index is 5.41. The van der Waals surface area contributed by atoms with Crippen molar-refractivity contribution >= 4 is 38.6 Å². The van der Waals surface area contributed by atoms with Crippen LogP contribution in [0.3, 0.4) is 0 Å². The molecule has 1 atom stereocenters. The molecule has 2 aliphatic rings. The Morgan fingerprint density at radius 3 is 2.68 bits per heavy atom. The number of ether oxygens (including phenoxy) is 1. The van der Waals surface area contributed by atoms with Crippen LogP contribution in [0.25, 0.3) is 28.1 Å². The first-order valence-electron chi connectivity index (χ1n) is 9.30. The molecule has 8 heteroatoms. The second-order valence-corrected chi connectivity index (χ2v) is 7.92. The summed E-state index contributed by atoms with van der Waals surface area (Å²) in [4.78, 5) is 20.8. The Hall–Kier alpha value is -2.58. The van der Waals surface area contributed by atoms with E-state index >= 15 is 0 Å². The lowest BCUT2D eigenvalue weighted by molar-refractivity contribution is 0.122. The average Bonchev–Trinajstić information content (AvgIpc) is 3.15. The summed E-state index contributed by atoms with van der Waals surface area (Å²) in [6.45, 7) is 3.05. The van der Waals surface area contributed by atoms with Gasteiger partial charge in [-0.25, -0.2) is 15.0 Å². The Balaban J connectivity index is 1.57. The van der Waals surface area contributed by atoms with Crippen molar-refractivity contribution in [2.24, 2.45) is 0 Å². The molecule has 1 unspecified atom stereocenters. The number of morpholine rings is 1. The molecule has 1 aliphatic carbocycles. The molecule has 1 fully saturated rings. The molecule has 142 valence electrons. The summed E-state index contributed by atoms with van der Waals surface area (Å²) < 4.78 is 7.54. The van der Waals surface area contributed by atoms with Crippen molar-refractivity contribution < 1.29 is 4.74 Å². The minimum atomic E-state index is 0.365. The fourth-order valence-corrected chi connectivity index (χ4v) is 3.83. The first-order chi connectivity index (χ1) is 13.8. The van der Waals surface area contributed by atoms with E-state index in [-0.39, 0.29) is 0 Å². The van der Waals surface area contributed by atoms with E-state index in [1.807, 2.05) is 24.7 Å². The van der Waals surface area contributed by atoms with Crippen LogP contribution in [-0.4, -0.2) is 55.6 Å². The second-order valence-electron chi connectivity index (χ2n) is 6.75. The van der Waals surface area contributed by atoms with Crippen molar-refractivity contribution in [3.05, 3.63) is 49.1 Å². The number of allylic oxidation sites excluding steroid dienone is 4. The predicted molar refractivity (Wildman–Crippen MR) is 112 cm³/mol. The SMILES string of the molecule is BrC1C=CC(n2c(-c3cnc(N4CCOCC4)nc3)nc3ccncc32)=CC1. The van der Waals surface area contributed by atoms with Crippen molar-refractivity contribution in [2.75, 3.05) is 31.2 Å². The molecule has 0 radical (unpaired) electrons. The van der Waals surface area contributed by atoms with Gasteiger partial charge < -0.3 is 9.64 Å². The number of fused-ring (bicyclic) bond motifs is 1. The number of imidazole rings is 1. The standard InChI is InChI=1S/C20H19BrN6O/c21-15-1-3-16(4-2-15)27-18-13-22-6-5-17(18)25-19(27)14-11-23-20(24-12-14)26-7-9-28-10-8-26/h1,3-6,11-13,15H,2,7-10H2. The summed E-state index contributed by atoms with van der Waals surface area (Å²) in [6.07, 6.45) is 14.7. The third-order valence-corrected chi connectivity index (χ3v) is 5.61. The van der Waals surface area contributed by atoms with E-state index in [4.69, 9.17) is 9.72 Å². The van der Waals surface area contributed by atoms with Crippen LogP contribution < -0.4 is 4.90 Å². The molecule has 0 amide bonds. The van der Waals surface area contributed by atoms with Gasteiger partial charge in [0.25, 0.3) is 0 Å². The van der Waals surface area contributed by atoms with E-state index in [1.165, 1.54) is 0 Å². The minimum absolute atomic E-state index is 0.365. The lowest BCUT2D eigenvalue weighted by Gasteiger charge is -2.26. The van der Waals surface area contributed by atoms with Crippen molar-refractivity contribution in [1.29, 1.82) is 0 Å². The van der Waals surface area contributed by atoms with E-state index in [0.29, 0.717) is 18.0 Å². The molecule has 5 rings (SSSR count). The number of hydrogen-bond acceptors (Lipinski definition) is 6. The molecule has 3 aromatic rings. The highest BCUT2D eigenvalue weighted by atomic mass is 79.9. The molecule has 28 heavy (non-hydrogen) atoms. The third kappa shape index (κ3) is 3.22. The molecular formula is C20H19BrN6O. The smallest absolute Gasteiger partial charge is 0.225 e. The van der Waals surface area contributed by atoms with Crippen molar-refractivity contribution in [3.8, 4) is 11.4 Å². The topological polar surface area (TPSA) is 69.0 Å². The Labute approximate surface area is 170 Å². The van der Waals surface area contributed by atoms with Crippen LogP contribution in [-0.2, 0) is 4.74 Å². The van der Waals surface area contributed by atoms with Crippen LogP contribution in [0.2, 0.25) is 0 Å². The third-order valence-electron chi connectivity index (χ3n) is 4.93. The Kier molecular flexibility index (Phi) is 4.66. The van der Waals surface area contributed by atoms with E-state index in [1.54, 1.807) is 6.20 Å². The van der Waals surface area contributed by atoms with Gasteiger partial charge in [-0.3, -0.25) is 9.55 Å². The zero-order valence-corrected chi connectivity index (χ0v) is 16.8. The highest BCUT2D eigenvalue weighted by Crippen LogP contribution is 2.30. The van der Waals surface area contributed by atoms with E-state index in [0.717, 1.165) is 53.6 Å². The number of rotatable bonds is 3. The van der Waals surface area contributed by atoms with Gasteiger partial charge in [-0.2, -0.15) is 0 Å². The van der Waals surface area contributed by atoms with E-state index in [2.05, 4.69) is 58.6 Å². The summed E-state index contributed by atoms with van der Waals surface area (Å²) in [5, 5.41) is 0. The number of nitrogens with zero attached hydrogens (tertiary/aromatic N) is 6. The number of pyridine rings is 1. The predicted octanol–water partition coefficient (Wildman–Crippen LogP) is 3.29. The van der Waals surface area contributed by atoms with Gasteiger partial charge >= 0.3 is 0 Å². The molecule has 0 spiro atoms. The fourth-order valence-electron chi connectivity index (χ4n) is 3.49. The number of aromatic nitrogens is 5. The van der Waals surface area contributed by atoms with Gasteiger partial charge in [0.15, 0.2) is 0 Å². The number of anilines is 1. The lowest BCUT2D eigenvalue weighted by Crippen LogP contribution is -2.37. The minimum Gasteiger partial charge on any atom is -0.378 e. The van der Waals surface area contributed by atoms with Crippen molar-refractivity contribution in [2.45, 2.75) is 11.2 Å². The van der Waals surface area contributed by atoms with Gasteiger partial charge in [0.05, 0.1) is 36.0 Å². The number of hydrogen-bond donors (Lipinski definition) is 0. The van der Waals surface area contributed by atoms with Crippen molar-refractivity contribution in [3.63, 3.8) is 0 Å². The Morgan fingerprint density at radius 2 is 1.93 bits per heavy atom. The van der Waals surface area contributed by atoms with Crippen LogP contribution in [0.15, 0.2) is 49.1 Å². The van der Waals surface area contributed by atoms with Crippen LogP contribution in [0.5, 0.6) is 0 Å². The van der Waals surface area contributed by atoms with Gasteiger partial charge in [-0.1, -0.05) is 28.1 Å². The zero-order chi connectivity index (χ0) is 18.9. The average molecular weight is 439 g/mol. The van der Waals surface area contributed by atoms with E-state index in [9.17, 15) is 0 Å². The molecule has 0 aromatic carbocycles. The van der Waals surface area contributed by atoms with Gasteiger partial charge in [0.2, 0.25) is 5.95 Å². The van der Waals surface area contributed by atoms with Crippen LogP contribution in [0.4, 0.5) is 5.95 Å². The normalized spacial score (nSPS) is 19.8. The largest absolute Gasteiger partial charge is 0.378 e. The summed E-state index contributed by atoms with van der Waals surface area (Å²) >= 11 is 3.64. The van der Waals surface area contributed by atoms with Gasteiger partial charge in [0, 0.05) is 42.2 Å². The number of alkyl halides is 1. The van der Waals surface area contributed by atoms with Gasteiger partial charge in [0.1, 0.15) is 5.82 Å². The monoisotopic (exact) mass is 438 g/mol. The molecule has 1 aliphatic heterocycles. The highest BCUT2D eigenvalue weighted by molar-refractivity contribution is 9.09.